The summed E-state index contributed by atoms with van der Waals surface area (Å²) in [4.78, 5) is 38.3. The van der Waals surface area contributed by atoms with E-state index in [4.69, 9.17) is 14.2 Å². The first-order valence-corrected chi connectivity index (χ1v) is 10.6. The Morgan fingerprint density at radius 3 is 1.79 bits per heavy atom. The first-order valence-electron chi connectivity index (χ1n) is 9.06. The Hall–Kier alpha value is -1.48. The molecular weight excluding hydrogens is 515 g/mol. The lowest BCUT2D eigenvalue weighted by Crippen LogP contribution is -2.46. The molecule has 0 aliphatic rings. The Labute approximate surface area is 186 Å². The fourth-order valence-electron chi connectivity index (χ4n) is 2.66. The molecule has 6 nitrogen and oxygen atoms in total. The number of ether oxygens (including phenoxy) is 3. The summed E-state index contributed by atoms with van der Waals surface area (Å²) in [5.74, 6) is -3.08. The zero-order chi connectivity index (χ0) is 22.4. The van der Waals surface area contributed by atoms with Crippen LogP contribution in [-0.2, 0) is 35.0 Å². The fourth-order valence-corrected chi connectivity index (χ4v) is 3.94. The van der Waals surface area contributed by atoms with Gasteiger partial charge in [-0.25, -0.2) is 4.39 Å². The summed E-state index contributed by atoms with van der Waals surface area (Å²) in [6.07, 6.45) is -0.810. The van der Waals surface area contributed by atoms with E-state index in [1.807, 2.05) is 0 Å². The first kappa shape index (κ1) is 25.6. The summed E-state index contributed by atoms with van der Waals surface area (Å²) >= 11 is 6.20. The van der Waals surface area contributed by atoms with Crippen LogP contribution in [0.5, 0.6) is 0 Å². The van der Waals surface area contributed by atoms with Crippen LogP contribution in [0.25, 0.3) is 0 Å². The smallest absolute Gasteiger partial charge is 0.324 e. The number of halogens is 3. The monoisotopic (exact) mass is 538 g/mol. The van der Waals surface area contributed by atoms with Gasteiger partial charge < -0.3 is 14.2 Å². The minimum absolute atomic E-state index is 0.00507. The van der Waals surface area contributed by atoms with Gasteiger partial charge in [-0.05, 0) is 90.6 Å². The minimum atomic E-state index is -1.97. The van der Waals surface area contributed by atoms with Crippen molar-refractivity contribution in [3.63, 3.8) is 0 Å². The van der Waals surface area contributed by atoms with E-state index in [0.29, 0.717) is 5.56 Å². The minimum Gasteiger partial charge on any atom is -0.465 e. The second-order valence-corrected chi connectivity index (χ2v) is 9.05. The lowest BCUT2D eigenvalue weighted by molar-refractivity contribution is -0.179. The number of benzene rings is 1. The van der Waals surface area contributed by atoms with E-state index in [2.05, 4.69) is 31.9 Å². The van der Waals surface area contributed by atoms with Crippen LogP contribution in [0.2, 0.25) is 0 Å². The normalized spacial score (nSPS) is 11.7. The van der Waals surface area contributed by atoms with Crippen molar-refractivity contribution in [2.24, 2.45) is 5.41 Å². The average Bonchev–Trinajstić information content (AvgIpc) is 2.57. The molecule has 0 aliphatic carbocycles. The molecule has 1 aromatic rings. The van der Waals surface area contributed by atoms with E-state index in [1.54, 1.807) is 34.6 Å². The number of carbonyl (C=O) groups excluding carboxylic acids is 3. The van der Waals surface area contributed by atoms with Gasteiger partial charge in [0.05, 0.1) is 28.6 Å². The molecule has 29 heavy (non-hydrogen) atoms. The summed E-state index contributed by atoms with van der Waals surface area (Å²) in [6.45, 7) is 8.22. The number of hydrogen-bond acceptors (Lipinski definition) is 6. The molecule has 1 rings (SSSR count). The molecule has 0 N–H and O–H groups in total. The maximum atomic E-state index is 13.9. The molecule has 0 fully saturated rings. The number of esters is 3. The van der Waals surface area contributed by atoms with Gasteiger partial charge in [0.1, 0.15) is 5.60 Å². The molecule has 1 aromatic carbocycles. The van der Waals surface area contributed by atoms with E-state index in [0.717, 1.165) is 0 Å². The highest BCUT2D eigenvalue weighted by Crippen LogP contribution is 2.35. The maximum absolute atomic E-state index is 13.9. The third-order valence-electron chi connectivity index (χ3n) is 3.75. The zero-order valence-electron chi connectivity index (χ0n) is 17.1. The molecule has 0 amide bonds. The lowest BCUT2D eigenvalue weighted by Gasteiger charge is -2.30. The topological polar surface area (TPSA) is 78.9 Å². The Morgan fingerprint density at radius 1 is 0.966 bits per heavy atom. The first-order chi connectivity index (χ1) is 13.4. The molecule has 162 valence electrons. The van der Waals surface area contributed by atoms with Crippen LogP contribution in [0.4, 0.5) is 4.39 Å². The molecule has 0 aliphatic heterocycles. The Bertz CT molecular complexity index is 732. The van der Waals surface area contributed by atoms with Crippen LogP contribution in [0, 0.1) is 11.2 Å². The highest BCUT2D eigenvalue weighted by atomic mass is 79.9. The molecule has 0 heterocycles. The van der Waals surface area contributed by atoms with Gasteiger partial charge in [-0.3, -0.25) is 14.4 Å². The quantitative estimate of drug-likeness (QED) is 0.205. The van der Waals surface area contributed by atoms with E-state index >= 15 is 0 Å². The Morgan fingerprint density at radius 2 is 1.41 bits per heavy atom. The third kappa shape index (κ3) is 7.06. The standard InChI is InChI=1S/C20H25Br2FO6/c1-6-27-17(25)20(18(26)28-7-2,11-15(24)29-19(3,4)5)10-12-8-13(21)16(23)14(22)9-12/h8-9H,6-7,10-11H2,1-5H3. The van der Waals surface area contributed by atoms with E-state index in [1.165, 1.54) is 12.1 Å². The molecule has 0 spiro atoms. The highest BCUT2D eigenvalue weighted by molar-refractivity contribution is 9.11. The van der Waals surface area contributed by atoms with Crippen molar-refractivity contribution in [3.05, 3.63) is 32.5 Å². The number of rotatable bonds is 8. The Balaban J connectivity index is 3.48. The van der Waals surface area contributed by atoms with Crippen molar-refractivity contribution in [2.75, 3.05) is 13.2 Å². The van der Waals surface area contributed by atoms with Crippen molar-refractivity contribution < 1.29 is 33.0 Å². The van der Waals surface area contributed by atoms with Crippen LogP contribution in [0.3, 0.4) is 0 Å². The van der Waals surface area contributed by atoms with Gasteiger partial charge in [-0.2, -0.15) is 0 Å². The lowest BCUT2D eigenvalue weighted by atomic mass is 9.78. The molecule has 0 radical (unpaired) electrons. The van der Waals surface area contributed by atoms with Gasteiger partial charge in [-0.1, -0.05) is 0 Å². The summed E-state index contributed by atoms with van der Waals surface area (Å²) in [6, 6.07) is 2.87. The zero-order valence-corrected chi connectivity index (χ0v) is 20.2. The molecule has 0 saturated heterocycles. The van der Waals surface area contributed by atoms with Gasteiger partial charge in [0.15, 0.2) is 11.2 Å². The summed E-state index contributed by atoms with van der Waals surface area (Å²) in [5, 5.41) is 0. The van der Waals surface area contributed by atoms with Crippen LogP contribution in [0.15, 0.2) is 21.1 Å². The average molecular weight is 540 g/mol. The second kappa shape index (κ2) is 10.5. The van der Waals surface area contributed by atoms with Crippen molar-refractivity contribution in [1.82, 2.24) is 0 Å². The van der Waals surface area contributed by atoms with Crippen LogP contribution < -0.4 is 0 Å². The molecule has 0 saturated carbocycles. The van der Waals surface area contributed by atoms with Crippen molar-refractivity contribution in [3.8, 4) is 0 Å². The second-order valence-electron chi connectivity index (χ2n) is 7.34. The predicted octanol–water partition coefficient (Wildman–Crippen LogP) is 4.74. The van der Waals surface area contributed by atoms with Crippen molar-refractivity contribution in [1.29, 1.82) is 0 Å². The van der Waals surface area contributed by atoms with Gasteiger partial charge in [0.25, 0.3) is 0 Å². The summed E-state index contributed by atoms with van der Waals surface area (Å²) < 4.78 is 29.8. The number of carbonyl (C=O) groups is 3. The SMILES string of the molecule is CCOC(=O)C(CC(=O)OC(C)(C)C)(Cc1cc(Br)c(F)c(Br)c1)C(=O)OCC. The molecule has 9 heteroatoms. The van der Waals surface area contributed by atoms with Gasteiger partial charge in [0, 0.05) is 0 Å². The van der Waals surface area contributed by atoms with Crippen LogP contribution in [-0.4, -0.2) is 36.7 Å². The van der Waals surface area contributed by atoms with Crippen molar-refractivity contribution in [2.45, 2.75) is 53.1 Å². The predicted molar refractivity (Wildman–Crippen MR) is 112 cm³/mol. The van der Waals surface area contributed by atoms with E-state index in [-0.39, 0.29) is 28.6 Å². The maximum Gasteiger partial charge on any atom is 0.324 e. The highest BCUT2D eigenvalue weighted by Gasteiger charge is 2.51. The third-order valence-corrected chi connectivity index (χ3v) is 4.90. The molecule has 0 bridgehead atoms. The summed E-state index contributed by atoms with van der Waals surface area (Å²) in [5.41, 5.74) is -2.35. The summed E-state index contributed by atoms with van der Waals surface area (Å²) in [7, 11) is 0. The van der Waals surface area contributed by atoms with Crippen LogP contribution in [0.1, 0.15) is 46.6 Å². The van der Waals surface area contributed by atoms with Gasteiger partial charge in [0.2, 0.25) is 0 Å². The largest absolute Gasteiger partial charge is 0.465 e. The van der Waals surface area contributed by atoms with Gasteiger partial charge in [-0.15, -0.1) is 0 Å². The van der Waals surface area contributed by atoms with E-state index < -0.39 is 41.2 Å². The van der Waals surface area contributed by atoms with E-state index in [9.17, 15) is 18.8 Å². The van der Waals surface area contributed by atoms with Gasteiger partial charge >= 0.3 is 17.9 Å². The van der Waals surface area contributed by atoms with Crippen molar-refractivity contribution >= 4 is 49.8 Å². The number of hydrogen-bond donors (Lipinski definition) is 0. The fraction of sp³-hybridized carbons (Fsp3) is 0.550. The molecular formula is C20H25Br2FO6. The molecule has 0 aromatic heterocycles. The Kier molecular flexibility index (Phi) is 9.27. The van der Waals surface area contributed by atoms with Crippen LogP contribution >= 0.6 is 31.9 Å². The molecule has 0 atom stereocenters. The molecule has 0 unspecified atom stereocenters.